The van der Waals surface area contributed by atoms with Crippen molar-refractivity contribution in [3.05, 3.63) is 53.3 Å². The topological polar surface area (TPSA) is 35.5 Å². The first-order chi connectivity index (χ1) is 9.69. The second-order valence-electron chi connectivity index (χ2n) is 4.60. The molecular weight excluding hydrogens is 259 g/mol. The predicted molar refractivity (Wildman–Crippen MR) is 72.4 cm³/mol. The SMILES string of the molecule is COC(=O)c1ccc2c(c1)CCOc1cc(F)ccc1-2. The van der Waals surface area contributed by atoms with Crippen molar-refractivity contribution >= 4 is 5.97 Å². The Hall–Kier alpha value is -2.36. The Bertz CT molecular complexity index is 679. The summed E-state index contributed by atoms with van der Waals surface area (Å²) in [6.45, 7) is 0.452. The van der Waals surface area contributed by atoms with Gasteiger partial charge in [0.1, 0.15) is 11.6 Å². The molecule has 3 rings (SSSR count). The lowest BCUT2D eigenvalue weighted by Gasteiger charge is -2.09. The van der Waals surface area contributed by atoms with Gasteiger partial charge in [-0.05, 0) is 35.4 Å². The van der Waals surface area contributed by atoms with Crippen LogP contribution in [-0.2, 0) is 11.2 Å². The van der Waals surface area contributed by atoms with Crippen molar-refractivity contribution in [1.29, 1.82) is 0 Å². The summed E-state index contributed by atoms with van der Waals surface area (Å²) in [5, 5.41) is 0. The van der Waals surface area contributed by atoms with Gasteiger partial charge in [0.05, 0.1) is 19.3 Å². The van der Waals surface area contributed by atoms with Crippen LogP contribution in [0.5, 0.6) is 5.75 Å². The highest BCUT2D eigenvalue weighted by molar-refractivity contribution is 5.91. The fraction of sp³-hybridized carbons (Fsp3) is 0.188. The second kappa shape index (κ2) is 4.96. The number of rotatable bonds is 1. The molecule has 2 aromatic carbocycles. The highest BCUT2D eigenvalue weighted by atomic mass is 19.1. The molecule has 1 heterocycles. The van der Waals surface area contributed by atoms with Gasteiger partial charge in [-0.15, -0.1) is 0 Å². The lowest BCUT2D eigenvalue weighted by molar-refractivity contribution is 0.0600. The number of ether oxygens (including phenoxy) is 2. The highest BCUT2D eigenvalue weighted by Gasteiger charge is 2.17. The van der Waals surface area contributed by atoms with E-state index in [9.17, 15) is 9.18 Å². The fourth-order valence-electron chi connectivity index (χ4n) is 2.42. The molecule has 1 aliphatic heterocycles. The van der Waals surface area contributed by atoms with Gasteiger partial charge in [-0.25, -0.2) is 9.18 Å². The number of fused-ring (bicyclic) bond motifs is 3. The van der Waals surface area contributed by atoms with E-state index in [-0.39, 0.29) is 11.8 Å². The van der Waals surface area contributed by atoms with Crippen LogP contribution in [0.2, 0.25) is 0 Å². The van der Waals surface area contributed by atoms with Crippen LogP contribution < -0.4 is 4.74 Å². The van der Waals surface area contributed by atoms with Gasteiger partial charge in [-0.3, -0.25) is 0 Å². The lowest BCUT2D eigenvalue weighted by Crippen LogP contribution is -2.03. The van der Waals surface area contributed by atoms with Crippen LogP contribution in [0, 0.1) is 5.82 Å². The van der Waals surface area contributed by atoms with Crippen LogP contribution in [0.25, 0.3) is 11.1 Å². The summed E-state index contributed by atoms with van der Waals surface area (Å²) in [6.07, 6.45) is 0.663. The van der Waals surface area contributed by atoms with Crippen LogP contribution in [0.1, 0.15) is 15.9 Å². The first-order valence-electron chi connectivity index (χ1n) is 6.33. The Labute approximate surface area is 115 Å². The third-order valence-corrected chi connectivity index (χ3v) is 3.39. The summed E-state index contributed by atoms with van der Waals surface area (Å²) >= 11 is 0. The molecule has 102 valence electrons. The Kier molecular flexibility index (Phi) is 3.14. The number of halogens is 1. The first-order valence-corrected chi connectivity index (χ1v) is 6.33. The van der Waals surface area contributed by atoms with Crippen molar-refractivity contribution in [2.45, 2.75) is 6.42 Å². The lowest BCUT2D eigenvalue weighted by atomic mass is 9.96. The van der Waals surface area contributed by atoms with Gasteiger partial charge >= 0.3 is 5.97 Å². The molecule has 0 N–H and O–H groups in total. The third-order valence-electron chi connectivity index (χ3n) is 3.39. The van der Waals surface area contributed by atoms with Gasteiger partial charge in [-0.2, -0.15) is 0 Å². The minimum absolute atomic E-state index is 0.321. The molecule has 0 saturated heterocycles. The molecule has 4 heteroatoms. The van der Waals surface area contributed by atoms with Crippen LogP contribution in [-0.4, -0.2) is 19.7 Å². The largest absolute Gasteiger partial charge is 0.492 e. The van der Waals surface area contributed by atoms with Gasteiger partial charge in [0.25, 0.3) is 0 Å². The van der Waals surface area contributed by atoms with Gasteiger partial charge in [0.15, 0.2) is 0 Å². The maximum absolute atomic E-state index is 13.3. The molecule has 3 nitrogen and oxygen atoms in total. The Balaban J connectivity index is 2.13. The van der Waals surface area contributed by atoms with Gasteiger partial charge in [-0.1, -0.05) is 6.07 Å². The molecule has 0 bridgehead atoms. The molecule has 0 atom stereocenters. The summed E-state index contributed by atoms with van der Waals surface area (Å²) in [7, 11) is 1.36. The molecule has 0 spiro atoms. The van der Waals surface area contributed by atoms with E-state index in [1.807, 2.05) is 12.1 Å². The number of methoxy groups -OCH3 is 1. The van der Waals surface area contributed by atoms with E-state index in [2.05, 4.69) is 0 Å². The maximum atomic E-state index is 13.3. The van der Waals surface area contributed by atoms with E-state index in [4.69, 9.17) is 9.47 Å². The van der Waals surface area contributed by atoms with E-state index >= 15 is 0 Å². The van der Waals surface area contributed by atoms with Crippen molar-refractivity contribution in [3.63, 3.8) is 0 Å². The molecule has 0 fully saturated rings. The minimum atomic E-state index is -0.364. The normalized spacial score (nSPS) is 12.7. The minimum Gasteiger partial charge on any atom is -0.492 e. The van der Waals surface area contributed by atoms with Crippen LogP contribution in [0.15, 0.2) is 36.4 Å². The summed E-state index contributed by atoms with van der Waals surface area (Å²) < 4.78 is 23.6. The number of benzene rings is 2. The van der Waals surface area contributed by atoms with Gasteiger partial charge < -0.3 is 9.47 Å². The molecule has 1 aliphatic rings. The first kappa shape index (κ1) is 12.7. The van der Waals surface area contributed by atoms with Crippen LogP contribution in [0.3, 0.4) is 0 Å². The molecule has 20 heavy (non-hydrogen) atoms. The third kappa shape index (κ3) is 2.13. The highest BCUT2D eigenvalue weighted by Crippen LogP contribution is 2.36. The summed E-state index contributed by atoms with van der Waals surface area (Å²) in [6, 6.07) is 9.87. The van der Waals surface area contributed by atoms with Crippen LogP contribution >= 0.6 is 0 Å². The number of hydrogen-bond donors (Lipinski definition) is 0. The van der Waals surface area contributed by atoms with E-state index in [1.165, 1.54) is 19.2 Å². The Morgan fingerprint density at radius 3 is 2.80 bits per heavy atom. The standard InChI is InChI=1S/C16H13FO3/c1-19-16(18)11-2-4-13-10(8-11)6-7-20-15-9-12(17)3-5-14(13)15/h2-5,8-9H,6-7H2,1H3. The second-order valence-corrected chi connectivity index (χ2v) is 4.60. The summed E-state index contributed by atoms with van der Waals surface area (Å²) in [5.74, 6) is -0.148. The number of esters is 1. The zero-order valence-electron chi connectivity index (χ0n) is 11.0. The zero-order chi connectivity index (χ0) is 14.1. The molecule has 0 aliphatic carbocycles. The van der Waals surface area contributed by atoms with Crippen molar-refractivity contribution < 1.29 is 18.7 Å². The van der Waals surface area contributed by atoms with E-state index in [0.29, 0.717) is 24.3 Å². The molecule has 0 saturated carbocycles. The molecule has 2 aromatic rings. The van der Waals surface area contributed by atoms with Crippen molar-refractivity contribution in [1.82, 2.24) is 0 Å². The van der Waals surface area contributed by atoms with Gasteiger partial charge in [0.2, 0.25) is 0 Å². The molecule has 0 radical (unpaired) electrons. The predicted octanol–water partition coefficient (Wildman–Crippen LogP) is 3.21. The van der Waals surface area contributed by atoms with Crippen molar-refractivity contribution in [3.8, 4) is 16.9 Å². The zero-order valence-corrected chi connectivity index (χ0v) is 11.0. The fourth-order valence-corrected chi connectivity index (χ4v) is 2.42. The van der Waals surface area contributed by atoms with E-state index in [1.54, 1.807) is 12.1 Å². The molecule has 0 aromatic heterocycles. The van der Waals surface area contributed by atoms with Crippen molar-refractivity contribution in [2.24, 2.45) is 0 Å². The maximum Gasteiger partial charge on any atom is 0.337 e. The Morgan fingerprint density at radius 1 is 1.20 bits per heavy atom. The molecule has 0 amide bonds. The molecule has 0 unspecified atom stereocenters. The smallest absolute Gasteiger partial charge is 0.337 e. The summed E-state index contributed by atoms with van der Waals surface area (Å²) in [4.78, 5) is 11.6. The number of carbonyl (C=O) groups excluding carboxylic acids is 1. The Morgan fingerprint density at radius 2 is 2.00 bits per heavy atom. The average molecular weight is 272 g/mol. The average Bonchev–Trinajstić information content (AvgIpc) is 2.64. The number of carbonyl (C=O) groups is 1. The monoisotopic (exact) mass is 272 g/mol. The van der Waals surface area contributed by atoms with Crippen LogP contribution in [0.4, 0.5) is 4.39 Å². The van der Waals surface area contributed by atoms with E-state index < -0.39 is 0 Å². The van der Waals surface area contributed by atoms with Crippen molar-refractivity contribution in [2.75, 3.05) is 13.7 Å². The number of hydrogen-bond acceptors (Lipinski definition) is 3. The van der Waals surface area contributed by atoms with Gasteiger partial charge in [0, 0.05) is 18.1 Å². The quantitative estimate of drug-likeness (QED) is 0.748. The molecular formula is C16H13FO3. The summed E-state index contributed by atoms with van der Waals surface area (Å²) in [5.41, 5.74) is 3.32. The van der Waals surface area contributed by atoms with E-state index in [0.717, 1.165) is 16.7 Å².